The van der Waals surface area contributed by atoms with E-state index in [-0.39, 0.29) is 5.56 Å². The lowest BCUT2D eigenvalue weighted by Crippen LogP contribution is -2.12. The molecule has 17 heavy (non-hydrogen) atoms. The lowest BCUT2D eigenvalue weighted by molar-refractivity contribution is 0.880. The summed E-state index contributed by atoms with van der Waals surface area (Å²) in [6.07, 6.45) is 6.47. The van der Waals surface area contributed by atoms with Crippen molar-refractivity contribution < 1.29 is 0 Å². The maximum atomic E-state index is 11.5. The third-order valence-electron chi connectivity index (χ3n) is 2.90. The lowest BCUT2D eigenvalue weighted by atomic mass is 10.2. The van der Waals surface area contributed by atoms with Gasteiger partial charge in [-0.15, -0.1) is 0 Å². The molecule has 4 nitrogen and oxygen atoms in total. The Morgan fingerprint density at radius 2 is 2.29 bits per heavy atom. The largest absolute Gasteiger partial charge is 0.310 e. The fraction of sp³-hybridized carbons (Fsp3) is 0.308. The monoisotopic (exact) mass is 227 g/mol. The Bertz CT molecular complexity index is 573. The number of hydrogen-bond donors (Lipinski definition) is 1. The van der Waals surface area contributed by atoms with Crippen molar-refractivity contribution in [1.29, 1.82) is 0 Å². The van der Waals surface area contributed by atoms with Crippen LogP contribution < -0.4 is 5.56 Å². The first kappa shape index (κ1) is 10.2. The summed E-state index contributed by atoms with van der Waals surface area (Å²) in [5.41, 5.74) is 1.94. The van der Waals surface area contributed by atoms with Crippen LogP contribution in [0.15, 0.2) is 35.4 Å². The highest BCUT2D eigenvalue weighted by molar-refractivity contribution is 5.18. The zero-order valence-electron chi connectivity index (χ0n) is 9.39. The minimum absolute atomic E-state index is 0.0548. The van der Waals surface area contributed by atoms with E-state index in [1.165, 1.54) is 0 Å². The van der Waals surface area contributed by atoms with Gasteiger partial charge in [0.05, 0.1) is 5.69 Å². The van der Waals surface area contributed by atoms with Gasteiger partial charge in [-0.2, -0.15) is 0 Å². The molecule has 0 atom stereocenters. The van der Waals surface area contributed by atoms with Crippen molar-refractivity contribution in [3.8, 4) is 0 Å². The summed E-state index contributed by atoms with van der Waals surface area (Å²) in [5, 5.41) is 0. The van der Waals surface area contributed by atoms with Crippen LogP contribution >= 0.6 is 0 Å². The summed E-state index contributed by atoms with van der Waals surface area (Å²) in [6.45, 7) is 0. The SMILES string of the molecule is O=c1cc(C2CC2)nc(Cc2cccnc2)[nH]1. The van der Waals surface area contributed by atoms with Gasteiger partial charge in [-0.1, -0.05) is 6.07 Å². The maximum absolute atomic E-state index is 11.5. The Morgan fingerprint density at radius 3 is 3.00 bits per heavy atom. The molecule has 4 heteroatoms. The molecule has 0 aromatic carbocycles. The number of aromatic amines is 1. The number of rotatable bonds is 3. The molecule has 1 aliphatic rings. The van der Waals surface area contributed by atoms with Gasteiger partial charge < -0.3 is 4.98 Å². The zero-order chi connectivity index (χ0) is 11.7. The second-order valence-electron chi connectivity index (χ2n) is 4.43. The molecule has 1 fully saturated rings. The molecular weight excluding hydrogens is 214 g/mol. The number of H-pyrrole nitrogens is 1. The fourth-order valence-electron chi connectivity index (χ4n) is 1.90. The number of hydrogen-bond acceptors (Lipinski definition) is 3. The highest BCUT2D eigenvalue weighted by Gasteiger charge is 2.25. The lowest BCUT2D eigenvalue weighted by Gasteiger charge is -2.03. The first-order valence-electron chi connectivity index (χ1n) is 5.80. The minimum atomic E-state index is -0.0548. The van der Waals surface area contributed by atoms with Gasteiger partial charge in [0.15, 0.2) is 0 Å². The Morgan fingerprint density at radius 1 is 1.41 bits per heavy atom. The molecule has 0 spiro atoms. The van der Waals surface area contributed by atoms with Crippen LogP contribution in [-0.4, -0.2) is 15.0 Å². The number of aromatic nitrogens is 3. The van der Waals surface area contributed by atoms with Gasteiger partial charge in [0.1, 0.15) is 5.82 Å². The third kappa shape index (κ3) is 2.41. The molecular formula is C13H13N3O. The highest BCUT2D eigenvalue weighted by Crippen LogP contribution is 2.38. The van der Waals surface area contributed by atoms with Crippen LogP contribution in [-0.2, 0) is 6.42 Å². The first-order chi connectivity index (χ1) is 8.31. The van der Waals surface area contributed by atoms with Crippen molar-refractivity contribution in [3.05, 3.63) is 58.0 Å². The Kier molecular flexibility index (Phi) is 2.48. The minimum Gasteiger partial charge on any atom is -0.310 e. The summed E-state index contributed by atoms with van der Waals surface area (Å²) in [6, 6.07) is 5.49. The summed E-state index contributed by atoms with van der Waals surface area (Å²) in [5.74, 6) is 1.23. The maximum Gasteiger partial charge on any atom is 0.251 e. The van der Waals surface area contributed by atoms with E-state index in [1.807, 2.05) is 12.1 Å². The third-order valence-corrected chi connectivity index (χ3v) is 2.90. The first-order valence-corrected chi connectivity index (χ1v) is 5.80. The van der Waals surface area contributed by atoms with E-state index in [1.54, 1.807) is 18.5 Å². The van der Waals surface area contributed by atoms with E-state index < -0.39 is 0 Å². The average Bonchev–Trinajstić information content (AvgIpc) is 3.13. The van der Waals surface area contributed by atoms with Gasteiger partial charge in [-0.25, -0.2) is 4.98 Å². The molecule has 0 saturated heterocycles. The normalized spacial score (nSPS) is 14.8. The molecule has 0 aliphatic heterocycles. The van der Waals surface area contributed by atoms with Crippen molar-refractivity contribution in [3.63, 3.8) is 0 Å². The second kappa shape index (κ2) is 4.13. The number of nitrogens with zero attached hydrogens (tertiary/aromatic N) is 2. The van der Waals surface area contributed by atoms with Gasteiger partial charge in [0.25, 0.3) is 5.56 Å². The second-order valence-corrected chi connectivity index (χ2v) is 4.43. The summed E-state index contributed by atoms with van der Waals surface area (Å²) < 4.78 is 0. The van der Waals surface area contributed by atoms with Gasteiger partial charge in [-0.3, -0.25) is 9.78 Å². The Labute approximate surface area is 98.8 Å². The molecule has 1 aliphatic carbocycles. The topological polar surface area (TPSA) is 58.6 Å². The molecule has 2 aromatic heterocycles. The van der Waals surface area contributed by atoms with Crippen LogP contribution in [0, 0.1) is 0 Å². The van der Waals surface area contributed by atoms with Crippen molar-refractivity contribution >= 4 is 0 Å². The predicted molar refractivity (Wildman–Crippen MR) is 63.9 cm³/mol. The quantitative estimate of drug-likeness (QED) is 0.867. The van der Waals surface area contributed by atoms with E-state index in [0.29, 0.717) is 12.3 Å². The van der Waals surface area contributed by atoms with Crippen LogP contribution in [0.1, 0.15) is 35.8 Å². The van der Waals surface area contributed by atoms with Crippen molar-refractivity contribution in [1.82, 2.24) is 15.0 Å². The van der Waals surface area contributed by atoms with Crippen LogP contribution in [0.25, 0.3) is 0 Å². The molecule has 0 bridgehead atoms. The smallest absolute Gasteiger partial charge is 0.251 e. The summed E-state index contributed by atoms with van der Waals surface area (Å²) in [4.78, 5) is 22.9. The Balaban J connectivity index is 1.90. The van der Waals surface area contributed by atoms with Crippen molar-refractivity contribution in [2.45, 2.75) is 25.2 Å². The van der Waals surface area contributed by atoms with Gasteiger partial charge in [0.2, 0.25) is 0 Å². The molecule has 0 unspecified atom stereocenters. The molecule has 0 amide bonds. The fourth-order valence-corrected chi connectivity index (χ4v) is 1.90. The molecule has 86 valence electrons. The molecule has 1 saturated carbocycles. The van der Waals surface area contributed by atoms with E-state index in [4.69, 9.17) is 0 Å². The van der Waals surface area contributed by atoms with Crippen LogP contribution in [0.3, 0.4) is 0 Å². The zero-order valence-corrected chi connectivity index (χ0v) is 9.39. The number of nitrogens with one attached hydrogen (secondary N) is 1. The Hall–Kier alpha value is -1.97. The van der Waals surface area contributed by atoms with Gasteiger partial charge in [0, 0.05) is 30.8 Å². The molecule has 1 N–H and O–H groups in total. The van der Waals surface area contributed by atoms with E-state index in [0.717, 1.165) is 29.9 Å². The summed E-state index contributed by atoms with van der Waals surface area (Å²) in [7, 11) is 0. The molecule has 2 heterocycles. The summed E-state index contributed by atoms with van der Waals surface area (Å²) >= 11 is 0. The van der Waals surface area contributed by atoms with Crippen LogP contribution in [0.2, 0.25) is 0 Å². The predicted octanol–water partition coefficient (Wildman–Crippen LogP) is 1.63. The van der Waals surface area contributed by atoms with E-state index in [9.17, 15) is 4.79 Å². The number of pyridine rings is 1. The van der Waals surface area contributed by atoms with Gasteiger partial charge in [-0.05, 0) is 24.5 Å². The van der Waals surface area contributed by atoms with E-state index >= 15 is 0 Å². The van der Waals surface area contributed by atoms with Crippen LogP contribution in [0.5, 0.6) is 0 Å². The van der Waals surface area contributed by atoms with Crippen molar-refractivity contribution in [2.24, 2.45) is 0 Å². The molecule has 3 rings (SSSR count). The molecule has 0 radical (unpaired) electrons. The average molecular weight is 227 g/mol. The van der Waals surface area contributed by atoms with Crippen LogP contribution in [0.4, 0.5) is 0 Å². The van der Waals surface area contributed by atoms with Crippen molar-refractivity contribution in [2.75, 3.05) is 0 Å². The van der Waals surface area contributed by atoms with E-state index in [2.05, 4.69) is 15.0 Å². The van der Waals surface area contributed by atoms with Gasteiger partial charge >= 0.3 is 0 Å². The standard InChI is InChI=1S/C13H13N3O/c17-13-7-11(10-3-4-10)15-12(16-13)6-9-2-1-5-14-8-9/h1-2,5,7-8,10H,3-4,6H2,(H,15,16,17). The molecule has 2 aromatic rings. The highest BCUT2D eigenvalue weighted by atomic mass is 16.1.